The number of hydrogen-bond donors (Lipinski definition) is 3. The second-order valence-corrected chi connectivity index (χ2v) is 4.00. The number of carboxylic acids is 1. The maximum absolute atomic E-state index is 10.9. The Morgan fingerprint density at radius 2 is 2.16 bits per heavy atom. The lowest BCUT2D eigenvalue weighted by Gasteiger charge is -2.13. The van der Waals surface area contributed by atoms with Crippen LogP contribution >= 0.6 is 12.2 Å². The van der Waals surface area contributed by atoms with Crippen molar-refractivity contribution < 1.29 is 19.4 Å². The van der Waals surface area contributed by atoms with Gasteiger partial charge in [0.1, 0.15) is 5.75 Å². The second-order valence-electron chi connectivity index (χ2n) is 3.59. The molecule has 0 aliphatic rings. The third kappa shape index (κ3) is 4.72. The summed E-state index contributed by atoms with van der Waals surface area (Å²) < 4.78 is 10.0. The lowest BCUT2D eigenvalue weighted by Crippen LogP contribution is -2.31. The lowest BCUT2D eigenvalue weighted by atomic mass is 10.2. The molecule has 0 unspecified atom stereocenters. The first-order valence-corrected chi connectivity index (χ1v) is 5.94. The average molecular weight is 284 g/mol. The number of methoxy groups -OCH3 is 2. The molecule has 0 aromatic heterocycles. The highest BCUT2D eigenvalue weighted by molar-refractivity contribution is 7.80. The number of carboxylic acid groups (broad SMARTS) is 1. The molecule has 0 saturated carbocycles. The second kappa shape index (κ2) is 7.55. The zero-order valence-electron chi connectivity index (χ0n) is 10.7. The van der Waals surface area contributed by atoms with Gasteiger partial charge in [-0.05, 0) is 30.4 Å². The Morgan fingerprint density at radius 3 is 2.74 bits per heavy atom. The van der Waals surface area contributed by atoms with Crippen LogP contribution in [0.25, 0.3) is 0 Å². The zero-order valence-corrected chi connectivity index (χ0v) is 11.5. The smallest absolute Gasteiger partial charge is 0.335 e. The molecule has 0 spiro atoms. The Morgan fingerprint density at radius 1 is 1.42 bits per heavy atom. The van der Waals surface area contributed by atoms with Crippen LogP contribution in [0.1, 0.15) is 10.4 Å². The summed E-state index contributed by atoms with van der Waals surface area (Å²) in [6.07, 6.45) is 0. The van der Waals surface area contributed by atoms with E-state index in [0.717, 1.165) is 0 Å². The molecule has 0 fully saturated rings. The molecule has 0 heterocycles. The number of ether oxygens (including phenoxy) is 2. The molecule has 104 valence electrons. The minimum atomic E-state index is -1.01. The van der Waals surface area contributed by atoms with Crippen molar-refractivity contribution in [2.24, 2.45) is 0 Å². The van der Waals surface area contributed by atoms with Crippen molar-refractivity contribution in [2.75, 3.05) is 32.7 Å². The topological polar surface area (TPSA) is 79.8 Å². The van der Waals surface area contributed by atoms with Crippen molar-refractivity contribution >= 4 is 29.0 Å². The van der Waals surface area contributed by atoms with Gasteiger partial charge in [-0.25, -0.2) is 4.79 Å². The van der Waals surface area contributed by atoms with Gasteiger partial charge in [0.25, 0.3) is 0 Å². The summed E-state index contributed by atoms with van der Waals surface area (Å²) in [5.41, 5.74) is 0.653. The van der Waals surface area contributed by atoms with Gasteiger partial charge in [-0.3, -0.25) is 0 Å². The van der Waals surface area contributed by atoms with Gasteiger partial charge in [0, 0.05) is 13.7 Å². The maximum atomic E-state index is 10.9. The van der Waals surface area contributed by atoms with Crippen LogP contribution in [0.2, 0.25) is 0 Å². The van der Waals surface area contributed by atoms with Gasteiger partial charge in [0.15, 0.2) is 5.11 Å². The summed E-state index contributed by atoms with van der Waals surface area (Å²) in [7, 11) is 3.10. The fraction of sp³-hybridized carbons (Fsp3) is 0.333. The van der Waals surface area contributed by atoms with E-state index in [0.29, 0.717) is 29.7 Å². The number of hydrogen-bond acceptors (Lipinski definition) is 4. The van der Waals surface area contributed by atoms with E-state index in [1.807, 2.05) is 0 Å². The van der Waals surface area contributed by atoms with E-state index in [4.69, 9.17) is 26.8 Å². The van der Waals surface area contributed by atoms with Gasteiger partial charge in [-0.1, -0.05) is 0 Å². The number of anilines is 1. The van der Waals surface area contributed by atoms with Crippen LogP contribution in [0, 0.1) is 0 Å². The van der Waals surface area contributed by atoms with Gasteiger partial charge in [-0.15, -0.1) is 0 Å². The highest BCUT2D eigenvalue weighted by Crippen LogP contribution is 2.25. The molecular formula is C12H16N2O4S. The predicted molar refractivity (Wildman–Crippen MR) is 76.1 cm³/mol. The fourth-order valence-corrected chi connectivity index (χ4v) is 1.58. The van der Waals surface area contributed by atoms with Gasteiger partial charge < -0.3 is 25.2 Å². The number of carbonyl (C=O) groups is 1. The highest BCUT2D eigenvalue weighted by atomic mass is 32.1. The molecule has 3 N–H and O–H groups in total. The Hall–Kier alpha value is -1.86. The fourth-order valence-electron chi connectivity index (χ4n) is 1.37. The first-order chi connectivity index (χ1) is 9.08. The molecule has 0 aliphatic carbocycles. The maximum Gasteiger partial charge on any atom is 0.335 e. The van der Waals surface area contributed by atoms with Crippen molar-refractivity contribution in [3.05, 3.63) is 23.8 Å². The third-order valence-corrected chi connectivity index (χ3v) is 2.53. The minimum Gasteiger partial charge on any atom is -0.495 e. The first-order valence-electron chi connectivity index (χ1n) is 5.53. The van der Waals surface area contributed by atoms with Crippen LogP contribution < -0.4 is 15.4 Å². The number of nitrogens with one attached hydrogen (secondary N) is 2. The molecule has 1 aromatic rings. The van der Waals surface area contributed by atoms with Crippen LogP contribution in [0.4, 0.5) is 5.69 Å². The highest BCUT2D eigenvalue weighted by Gasteiger charge is 2.09. The molecule has 1 aromatic carbocycles. The molecule has 0 radical (unpaired) electrons. The molecule has 6 nitrogen and oxygen atoms in total. The van der Waals surface area contributed by atoms with Crippen molar-refractivity contribution in [3.8, 4) is 5.75 Å². The molecule has 0 saturated heterocycles. The van der Waals surface area contributed by atoms with Crippen molar-refractivity contribution in [1.29, 1.82) is 0 Å². The summed E-state index contributed by atoms with van der Waals surface area (Å²) >= 11 is 5.09. The van der Waals surface area contributed by atoms with E-state index in [-0.39, 0.29) is 5.56 Å². The van der Waals surface area contributed by atoms with E-state index in [9.17, 15) is 4.79 Å². The van der Waals surface area contributed by atoms with Crippen molar-refractivity contribution in [1.82, 2.24) is 5.32 Å². The van der Waals surface area contributed by atoms with Gasteiger partial charge in [0.05, 0.1) is 25.0 Å². The molecule has 0 atom stereocenters. The third-order valence-electron chi connectivity index (χ3n) is 2.29. The molecular weight excluding hydrogens is 268 g/mol. The number of thiocarbonyl (C=S) groups is 1. The quantitative estimate of drug-likeness (QED) is 0.537. The molecule has 0 aliphatic heterocycles. The molecule has 1 rings (SSSR count). The van der Waals surface area contributed by atoms with Crippen LogP contribution in [-0.4, -0.2) is 43.6 Å². The van der Waals surface area contributed by atoms with Crippen molar-refractivity contribution in [3.63, 3.8) is 0 Å². The molecule has 0 bridgehead atoms. The van der Waals surface area contributed by atoms with E-state index in [1.165, 1.54) is 19.2 Å². The Kier molecular flexibility index (Phi) is 6.04. The minimum absolute atomic E-state index is 0.156. The SMILES string of the molecule is COCCNC(=S)Nc1cc(C(=O)O)ccc1OC. The molecule has 19 heavy (non-hydrogen) atoms. The zero-order chi connectivity index (χ0) is 14.3. The van der Waals surface area contributed by atoms with Gasteiger partial charge in [-0.2, -0.15) is 0 Å². The van der Waals surface area contributed by atoms with E-state index in [2.05, 4.69) is 10.6 Å². The normalized spacial score (nSPS) is 9.79. The van der Waals surface area contributed by atoms with Crippen LogP contribution in [-0.2, 0) is 4.74 Å². The standard InChI is InChI=1S/C12H16N2O4S/c1-17-6-5-13-12(19)14-9-7-8(11(15)16)3-4-10(9)18-2/h3-4,7H,5-6H2,1-2H3,(H,15,16)(H2,13,14,19). The summed E-state index contributed by atoms with van der Waals surface area (Å²) in [6.45, 7) is 1.08. The van der Waals surface area contributed by atoms with E-state index >= 15 is 0 Å². The predicted octanol–water partition coefficient (Wildman–Crippen LogP) is 1.33. The number of rotatable bonds is 6. The summed E-state index contributed by atoms with van der Waals surface area (Å²) in [4.78, 5) is 10.9. The van der Waals surface area contributed by atoms with E-state index in [1.54, 1.807) is 13.2 Å². The molecule has 7 heteroatoms. The van der Waals surface area contributed by atoms with Crippen LogP contribution in [0.5, 0.6) is 5.75 Å². The van der Waals surface area contributed by atoms with Gasteiger partial charge in [0.2, 0.25) is 0 Å². The number of aromatic carboxylic acids is 1. The van der Waals surface area contributed by atoms with Gasteiger partial charge >= 0.3 is 5.97 Å². The van der Waals surface area contributed by atoms with Crippen LogP contribution in [0.15, 0.2) is 18.2 Å². The summed E-state index contributed by atoms with van der Waals surface area (Å²) in [5.74, 6) is -0.496. The number of benzene rings is 1. The van der Waals surface area contributed by atoms with E-state index < -0.39 is 5.97 Å². The molecule has 0 amide bonds. The average Bonchev–Trinajstić information content (AvgIpc) is 2.38. The Balaban J connectivity index is 2.77. The van der Waals surface area contributed by atoms with Crippen molar-refractivity contribution in [2.45, 2.75) is 0 Å². The summed E-state index contributed by atoms with van der Waals surface area (Å²) in [5, 5.41) is 15.1. The monoisotopic (exact) mass is 284 g/mol. The van der Waals surface area contributed by atoms with Crippen LogP contribution in [0.3, 0.4) is 0 Å². The largest absolute Gasteiger partial charge is 0.495 e. The lowest BCUT2D eigenvalue weighted by molar-refractivity contribution is 0.0697. The first kappa shape index (κ1) is 15.2. The Bertz CT molecular complexity index is 465. The summed E-state index contributed by atoms with van der Waals surface area (Å²) in [6, 6.07) is 4.50. The Labute approximate surface area is 116 Å².